The second-order valence-electron chi connectivity index (χ2n) is 8.02. The van der Waals surface area contributed by atoms with Crippen LogP contribution in [0.15, 0.2) is 9.42 Å². The molecule has 146 valence electrons. The molecule has 2 atom stereocenters. The molecule has 3 rings (SSSR count). The lowest BCUT2D eigenvalue weighted by molar-refractivity contribution is -0.139. The number of carbonyl (C=O) groups is 1. The lowest BCUT2D eigenvalue weighted by atomic mass is 9.89. The van der Waals surface area contributed by atoms with E-state index in [1.807, 2.05) is 4.90 Å². The molecule has 7 nitrogen and oxygen atoms in total. The monoisotopic (exact) mass is 383 g/mol. The van der Waals surface area contributed by atoms with Crippen molar-refractivity contribution in [2.45, 2.75) is 51.9 Å². The van der Waals surface area contributed by atoms with E-state index in [2.05, 4.69) is 19.0 Å². The molecular weight excluding hydrogens is 354 g/mol. The predicted octanol–water partition coefficient (Wildman–Crippen LogP) is 2.20. The Labute approximate surface area is 155 Å². The van der Waals surface area contributed by atoms with Gasteiger partial charge in [-0.2, -0.15) is 4.31 Å². The number of likely N-dealkylation sites (tertiary alicyclic amines) is 1. The van der Waals surface area contributed by atoms with Gasteiger partial charge in [-0.25, -0.2) is 8.42 Å². The fraction of sp³-hybridized carbons (Fsp3) is 0.778. The third kappa shape index (κ3) is 3.67. The number of rotatable bonds is 3. The molecule has 0 spiro atoms. The van der Waals surface area contributed by atoms with Crippen molar-refractivity contribution in [3.05, 3.63) is 11.5 Å². The van der Waals surface area contributed by atoms with Crippen molar-refractivity contribution in [2.75, 3.05) is 26.2 Å². The summed E-state index contributed by atoms with van der Waals surface area (Å²) in [6.45, 7) is 9.99. The molecule has 0 N–H and O–H groups in total. The average Bonchev–Trinajstić information content (AvgIpc) is 2.92. The number of aromatic nitrogens is 1. The Kier molecular flexibility index (Phi) is 5.44. The van der Waals surface area contributed by atoms with E-state index in [4.69, 9.17) is 4.52 Å². The maximum Gasteiger partial charge on any atom is 0.248 e. The Morgan fingerprint density at radius 2 is 1.69 bits per heavy atom. The molecule has 0 radical (unpaired) electrons. The molecule has 2 saturated heterocycles. The summed E-state index contributed by atoms with van der Waals surface area (Å²) >= 11 is 0. The fourth-order valence-corrected chi connectivity index (χ4v) is 6.18. The van der Waals surface area contributed by atoms with E-state index in [1.165, 1.54) is 4.31 Å². The van der Waals surface area contributed by atoms with Gasteiger partial charge in [-0.15, -0.1) is 0 Å². The Balaban J connectivity index is 1.65. The first kappa shape index (κ1) is 19.4. The lowest BCUT2D eigenvalue weighted by Gasteiger charge is -2.39. The summed E-state index contributed by atoms with van der Waals surface area (Å²) in [5.41, 5.74) is 0.386. The normalized spacial score (nSPS) is 26.2. The van der Waals surface area contributed by atoms with E-state index in [0.29, 0.717) is 49.2 Å². The van der Waals surface area contributed by atoms with Crippen LogP contribution in [0.1, 0.15) is 44.6 Å². The summed E-state index contributed by atoms with van der Waals surface area (Å²) in [6.07, 6.45) is 2.30. The molecule has 26 heavy (non-hydrogen) atoms. The molecule has 8 heteroatoms. The standard InChI is InChI=1S/C18H29N3O4S/c1-12-9-13(2)11-20(10-12)18(22)16-5-7-21(8-6-16)26(23,24)17-14(3)19-25-15(17)4/h12-13,16H,5-11H2,1-4H3. The van der Waals surface area contributed by atoms with Crippen LogP contribution in [0, 0.1) is 31.6 Å². The van der Waals surface area contributed by atoms with Crippen LogP contribution in [0.2, 0.25) is 0 Å². The highest BCUT2D eigenvalue weighted by atomic mass is 32.2. The number of hydrogen-bond acceptors (Lipinski definition) is 5. The van der Waals surface area contributed by atoms with Crippen molar-refractivity contribution in [2.24, 2.45) is 17.8 Å². The van der Waals surface area contributed by atoms with Crippen molar-refractivity contribution in [3.8, 4) is 0 Å². The van der Waals surface area contributed by atoms with Gasteiger partial charge in [-0.3, -0.25) is 4.79 Å². The summed E-state index contributed by atoms with van der Waals surface area (Å²) < 4.78 is 32.2. The first-order valence-corrected chi connectivity index (χ1v) is 10.9. The van der Waals surface area contributed by atoms with Crippen LogP contribution >= 0.6 is 0 Å². The van der Waals surface area contributed by atoms with Gasteiger partial charge in [-0.1, -0.05) is 19.0 Å². The SMILES string of the molecule is Cc1noc(C)c1S(=O)(=O)N1CCC(C(=O)N2CC(C)CC(C)C2)CC1. The third-order valence-electron chi connectivity index (χ3n) is 5.55. The van der Waals surface area contributed by atoms with Crippen molar-refractivity contribution in [1.82, 2.24) is 14.4 Å². The van der Waals surface area contributed by atoms with Crippen LogP contribution in [0.3, 0.4) is 0 Å². The van der Waals surface area contributed by atoms with Gasteiger partial charge < -0.3 is 9.42 Å². The molecule has 2 unspecified atom stereocenters. The first-order chi connectivity index (χ1) is 12.2. The maximum absolute atomic E-state index is 12.9. The van der Waals surface area contributed by atoms with E-state index in [1.54, 1.807) is 13.8 Å². The van der Waals surface area contributed by atoms with Gasteiger partial charge in [0.1, 0.15) is 10.6 Å². The number of nitrogens with zero attached hydrogens (tertiary/aromatic N) is 3. The highest BCUT2D eigenvalue weighted by molar-refractivity contribution is 7.89. The molecular formula is C18H29N3O4S. The zero-order valence-corrected chi connectivity index (χ0v) is 16.9. The Morgan fingerprint density at radius 3 is 2.19 bits per heavy atom. The summed E-state index contributed by atoms with van der Waals surface area (Å²) in [4.78, 5) is 15.0. The van der Waals surface area contributed by atoms with Gasteiger partial charge in [0.15, 0.2) is 5.76 Å². The number of sulfonamides is 1. The summed E-state index contributed by atoms with van der Waals surface area (Å²) in [5.74, 6) is 1.49. The second-order valence-corrected chi connectivity index (χ2v) is 9.90. The maximum atomic E-state index is 12.9. The molecule has 2 aliphatic heterocycles. The van der Waals surface area contributed by atoms with Gasteiger partial charge in [-0.05, 0) is 44.9 Å². The molecule has 1 aromatic heterocycles. The summed E-state index contributed by atoms with van der Waals surface area (Å²) in [6, 6.07) is 0. The highest BCUT2D eigenvalue weighted by Crippen LogP contribution is 2.30. The van der Waals surface area contributed by atoms with E-state index in [0.717, 1.165) is 19.5 Å². The molecule has 1 aromatic rings. The number of hydrogen-bond donors (Lipinski definition) is 0. The molecule has 2 aliphatic rings. The number of piperidine rings is 2. The Bertz CT molecular complexity index is 736. The lowest BCUT2D eigenvalue weighted by Crippen LogP contribution is -2.48. The quantitative estimate of drug-likeness (QED) is 0.799. The fourth-order valence-electron chi connectivity index (χ4n) is 4.42. The number of amides is 1. The van der Waals surface area contributed by atoms with Crippen LogP contribution in [0.25, 0.3) is 0 Å². The van der Waals surface area contributed by atoms with Crippen molar-refractivity contribution in [3.63, 3.8) is 0 Å². The molecule has 0 aliphatic carbocycles. The van der Waals surface area contributed by atoms with Crippen LogP contribution < -0.4 is 0 Å². The van der Waals surface area contributed by atoms with Gasteiger partial charge in [0, 0.05) is 32.1 Å². The number of carbonyl (C=O) groups excluding carboxylic acids is 1. The van der Waals surface area contributed by atoms with Crippen LogP contribution in [-0.2, 0) is 14.8 Å². The van der Waals surface area contributed by atoms with Gasteiger partial charge in [0.05, 0.1) is 0 Å². The van der Waals surface area contributed by atoms with Crippen molar-refractivity contribution in [1.29, 1.82) is 0 Å². The minimum atomic E-state index is -3.62. The van der Waals surface area contributed by atoms with E-state index in [-0.39, 0.29) is 16.7 Å². The first-order valence-electron chi connectivity index (χ1n) is 9.42. The smallest absolute Gasteiger partial charge is 0.248 e. The second kappa shape index (κ2) is 7.31. The minimum absolute atomic E-state index is 0.0800. The van der Waals surface area contributed by atoms with E-state index >= 15 is 0 Å². The molecule has 0 aromatic carbocycles. The van der Waals surface area contributed by atoms with Crippen LogP contribution in [-0.4, -0.2) is 54.9 Å². The van der Waals surface area contributed by atoms with Crippen LogP contribution in [0.5, 0.6) is 0 Å². The molecule has 3 heterocycles. The zero-order valence-electron chi connectivity index (χ0n) is 16.1. The van der Waals surface area contributed by atoms with E-state index in [9.17, 15) is 13.2 Å². The summed E-state index contributed by atoms with van der Waals surface area (Å²) in [5, 5.41) is 3.75. The molecule has 0 bridgehead atoms. The van der Waals surface area contributed by atoms with Gasteiger partial charge >= 0.3 is 0 Å². The average molecular weight is 384 g/mol. The number of aryl methyl sites for hydroxylation is 2. The molecule has 2 fully saturated rings. The van der Waals surface area contributed by atoms with Crippen molar-refractivity contribution < 1.29 is 17.7 Å². The van der Waals surface area contributed by atoms with Crippen LogP contribution in [0.4, 0.5) is 0 Å². The van der Waals surface area contributed by atoms with Crippen molar-refractivity contribution >= 4 is 15.9 Å². The Morgan fingerprint density at radius 1 is 1.12 bits per heavy atom. The largest absolute Gasteiger partial charge is 0.360 e. The van der Waals surface area contributed by atoms with Gasteiger partial charge in [0.2, 0.25) is 15.9 Å². The minimum Gasteiger partial charge on any atom is -0.360 e. The predicted molar refractivity (Wildman–Crippen MR) is 97.0 cm³/mol. The van der Waals surface area contributed by atoms with Gasteiger partial charge in [0.25, 0.3) is 0 Å². The molecule has 0 saturated carbocycles. The third-order valence-corrected chi connectivity index (χ3v) is 7.69. The zero-order chi connectivity index (χ0) is 19.1. The molecule has 1 amide bonds. The highest BCUT2D eigenvalue weighted by Gasteiger charge is 2.37. The topological polar surface area (TPSA) is 83.7 Å². The van der Waals surface area contributed by atoms with E-state index < -0.39 is 10.0 Å². The Hall–Kier alpha value is -1.41. The summed E-state index contributed by atoms with van der Waals surface area (Å²) in [7, 11) is -3.62.